The monoisotopic (exact) mass is 204 g/mol. The summed E-state index contributed by atoms with van der Waals surface area (Å²) in [5, 5.41) is -1.06. The maximum atomic E-state index is 13.8. The SMILES string of the molecule is CC(C)C1CCCCC1C(C)(F)P. The Morgan fingerprint density at radius 2 is 1.85 bits per heavy atom. The van der Waals surface area contributed by atoms with Crippen LogP contribution in [0.5, 0.6) is 0 Å². The fraction of sp³-hybridized carbons (Fsp3) is 1.00. The van der Waals surface area contributed by atoms with Crippen molar-refractivity contribution in [3.05, 3.63) is 0 Å². The normalized spacial score (nSPS) is 34.6. The molecule has 0 aromatic rings. The van der Waals surface area contributed by atoms with Crippen LogP contribution in [0.4, 0.5) is 4.39 Å². The topological polar surface area (TPSA) is 0 Å². The molecule has 0 amide bonds. The highest BCUT2D eigenvalue weighted by Crippen LogP contribution is 2.45. The lowest BCUT2D eigenvalue weighted by Gasteiger charge is -2.39. The van der Waals surface area contributed by atoms with Crippen molar-refractivity contribution in [2.75, 3.05) is 0 Å². The highest BCUT2D eigenvalue weighted by Gasteiger charge is 2.38. The van der Waals surface area contributed by atoms with Crippen LogP contribution in [0, 0.1) is 17.8 Å². The Morgan fingerprint density at radius 1 is 1.31 bits per heavy atom. The molecule has 0 aromatic carbocycles. The number of alkyl halides is 1. The Balaban J connectivity index is 2.67. The van der Waals surface area contributed by atoms with Crippen molar-refractivity contribution in [1.29, 1.82) is 0 Å². The Kier molecular flexibility index (Phi) is 3.74. The lowest BCUT2D eigenvalue weighted by Crippen LogP contribution is -2.35. The molecule has 4 unspecified atom stereocenters. The molecule has 13 heavy (non-hydrogen) atoms. The zero-order valence-electron chi connectivity index (χ0n) is 9.02. The van der Waals surface area contributed by atoms with Crippen LogP contribution >= 0.6 is 9.24 Å². The molecular formula is C11H22FP. The molecule has 0 bridgehead atoms. The quantitative estimate of drug-likeness (QED) is 0.596. The van der Waals surface area contributed by atoms with Crippen LogP contribution in [-0.4, -0.2) is 5.41 Å². The molecule has 0 spiro atoms. The molecule has 78 valence electrons. The lowest BCUT2D eigenvalue weighted by molar-refractivity contribution is 0.0780. The average molecular weight is 204 g/mol. The molecule has 0 nitrogen and oxygen atoms in total. The van der Waals surface area contributed by atoms with E-state index in [2.05, 4.69) is 23.1 Å². The molecule has 0 aromatic heterocycles. The summed E-state index contributed by atoms with van der Waals surface area (Å²) in [6.45, 7) is 6.15. The zero-order chi connectivity index (χ0) is 10.1. The van der Waals surface area contributed by atoms with Crippen LogP contribution in [0.15, 0.2) is 0 Å². The van der Waals surface area contributed by atoms with E-state index in [1.807, 2.05) is 0 Å². The minimum Gasteiger partial charge on any atom is -0.240 e. The van der Waals surface area contributed by atoms with Gasteiger partial charge < -0.3 is 0 Å². The molecule has 0 aliphatic heterocycles. The number of hydrogen-bond donors (Lipinski definition) is 0. The van der Waals surface area contributed by atoms with E-state index < -0.39 is 5.41 Å². The van der Waals surface area contributed by atoms with E-state index >= 15 is 0 Å². The van der Waals surface area contributed by atoms with Gasteiger partial charge >= 0.3 is 0 Å². The van der Waals surface area contributed by atoms with Crippen molar-refractivity contribution < 1.29 is 4.39 Å². The summed E-state index contributed by atoms with van der Waals surface area (Å²) in [5.41, 5.74) is 0. The first-order valence-electron chi connectivity index (χ1n) is 5.40. The first kappa shape index (κ1) is 11.4. The van der Waals surface area contributed by atoms with Gasteiger partial charge in [0, 0.05) is 0 Å². The largest absolute Gasteiger partial charge is 0.240 e. The summed E-state index contributed by atoms with van der Waals surface area (Å²) in [4.78, 5) is 0. The second kappa shape index (κ2) is 4.26. The molecule has 4 atom stereocenters. The molecule has 0 N–H and O–H groups in total. The minimum absolute atomic E-state index is 0.256. The van der Waals surface area contributed by atoms with Crippen molar-refractivity contribution in [1.82, 2.24) is 0 Å². The molecule has 1 aliphatic rings. The fourth-order valence-electron chi connectivity index (χ4n) is 2.66. The zero-order valence-corrected chi connectivity index (χ0v) is 10.2. The van der Waals surface area contributed by atoms with Crippen molar-refractivity contribution in [2.45, 2.75) is 51.9 Å². The Morgan fingerprint density at radius 3 is 2.23 bits per heavy atom. The second-order valence-corrected chi connectivity index (χ2v) is 6.08. The molecule has 0 radical (unpaired) electrons. The maximum absolute atomic E-state index is 13.8. The van der Waals surface area contributed by atoms with Crippen molar-refractivity contribution in [3.8, 4) is 0 Å². The molecule has 0 heterocycles. The number of halogens is 1. The summed E-state index contributed by atoms with van der Waals surface area (Å²) in [5.74, 6) is 1.47. The van der Waals surface area contributed by atoms with Crippen molar-refractivity contribution in [3.63, 3.8) is 0 Å². The van der Waals surface area contributed by atoms with Gasteiger partial charge in [-0.25, -0.2) is 4.39 Å². The summed E-state index contributed by atoms with van der Waals surface area (Å²) in [7, 11) is 2.39. The van der Waals surface area contributed by atoms with Gasteiger partial charge in [0.25, 0.3) is 0 Å². The molecule has 1 aliphatic carbocycles. The van der Waals surface area contributed by atoms with Crippen LogP contribution in [0.1, 0.15) is 46.5 Å². The van der Waals surface area contributed by atoms with E-state index in [4.69, 9.17) is 0 Å². The van der Waals surface area contributed by atoms with Gasteiger partial charge in [0.2, 0.25) is 0 Å². The van der Waals surface area contributed by atoms with Gasteiger partial charge in [-0.15, -0.1) is 0 Å². The Hall–Kier alpha value is 0.360. The van der Waals surface area contributed by atoms with Crippen molar-refractivity contribution >= 4 is 9.24 Å². The van der Waals surface area contributed by atoms with Gasteiger partial charge in [-0.2, -0.15) is 0 Å². The van der Waals surface area contributed by atoms with E-state index in [9.17, 15) is 4.39 Å². The van der Waals surface area contributed by atoms with Gasteiger partial charge in [0.1, 0.15) is 5.41 Å². The van der Waals surface area contributed by atoms with Gasteiger partial charge in [-0.05, 0) is 37.5 Å². The summed E-state index contributed by atoms with van der Waals surface area (Å²) >= 11 is 0. The van der Waals surface area contributed by atoms with Crippen LogP contribution < -0.4 is 0 Å². The van der Waals surface area contributed by atoms with E-state index in [-0.39, 0.29) is 5.92 Å². The molecule has 1 rings (SSSR count). The number of hydrogen-bond acceptors (Lipinski definition) is 0. The van der Waals surface area contributed by atoms with E-state index in [0.717, 1.165) is 6.42 Å². The minimum atomic E-state index is -1.06. The third-order valence-corrected chi connectivity index (χ3v) is 3.83. The Labute approximate surface area is 83.9 Å². The van der Waals surface area contributed by atoms with Gasteiger partial charge in [-0.3, -0.25) is 0 Å². The smallest absolute Gasteiger partial charge is 0.124 e. The molecule has 1 saturated carbocycles. The van der Waals surface area contributed by atoms with E-state index in [0.29, 0.717) is 11.8 Å². The van der Waals surface area contributed by atoms with Gasteiger partial charge in [-0.1, -0.05) is 35.9 Å². The summed E-state index contributed by atoms with van der Waals surface area (Å²) in [6, 6.07) is 0. The summed E-state index contributed by atoms with van der Waals surface area (Å²) in [6.07, 6.45) is 4.79. The van der Waals surface area contributed by atoms with Crippen LogP contribution in [-0.2, 0) is 0 Å². The predicted molar refractivity (Wildman–Crippen MR) is 59.5 cm³/mol. The number of rotatable bonds is 2. The van der Waals surface area contributed by atoms with Crippen LogP contribution in [0.2, 0.25) is 0 Å². The van der Waals surface area contributed by atoms with Crippen LogP contribution in [0.25, 0.3) is 0 Å². The first-order valence-corrected chi connectivity index (χ1v) is 5.98. The third kappa shape index (κ3) is 2.91. The Bertz CT molecular complexity index is 160. The first-order chi connectivity index (χ1) is 5.93. The van der Waals surface area contributed by atoms with E-state index in [1.54, 1.807) is 6.92 Å². The highest BCUT2D eigenvalue weighted by molar-refractivity contribution is 7.18. The highest BCUT2D eigenvalue weighted by atomic mass is 31.0. The average Bonchev–Trinajstić information content (AvgIpc) is 2.03. The molecular weight excluding hydrogens is 182 g/mol. The van der Waals surface area contributed by atoms with E-state index in [1.165, 1.54) is 19.3 Å². The predicted octanol–water partition coefficient (Wildman–Crippen LogP) is 4.01. The fourth-order valence-corrected chi connectivity index (χ4v) is 3.07. The third-order valence-electron chi connectivity index (χ3n) is 3.40. The molecule has 2 heteroatoms. The second-order valence-electron chi connectivity index (χ2n) is 4.95. The summed E-state index contributed by atoms with van der Waals surface area (Å²) < 4.78 is 13.8. The maximum Gasteiger partial charge on any atom is 0.124 e. The van der Waals surface area contributed by atoms with Gasteiger partial charge in [0.05, 0.1) is 0 Å². The van der Waals surface area contributed by atoms with Crippen LogP contribution in [0.3, 0.4) is 0 Å². The molecule has 1 fully saturated rings. The molecule has 0 saturated heterocycles. The van der Waals surface area contributed by atoms with Crippen molar-refractivity contribution in [2.24, 2.45) is 17.8 Å². The standard InChI is InChI=1S/C11H22FP/c1-8(2)9-6-4-5-7-10(9)11(3,12)13/h8-10H,4-7,13H2,1-3H3. The lowest BCUT2D eigenvalue weighted by atomic mass is 9.71. The van der Waals surface area contributed by atoms with Gasteiger partial charge in [0.15, 0.2) is 0 Å².